The Kier molecular flexibility index (Phi) is 17.1. The highest BCUT2D eigenvalue weighted by molar-refractivity contribution is 4.71. The molecule has 0 aliphatic heterocycles. The largest absolute Gasteiger partial charge is 0.395 e. The zero-order valence-electron chi connectivity index (χ0n) is 14.7. The van der Waals surface area contributed by atoms with E-state index in [1.165, 1.54) is 57.8 Å². The maximum Gasteiger partial charge on any atom is 0.0586 e. The number of hydrogen-bond donors (Lipinski definition) is 3. The first kappa shape index (κ1) is 21.8. The molecule has 0 aliphatic rings. The third kappa shape index (κ3) is 12.4. The SMILES string of the molecule is CCCCCCCCCCCCC(CO)N(CCO)CCO. The lowest BCUT2D eigenvalue weighted by atomic mass is 10.0. The predicted octanol–water partition coefficient (Wildman–Crippen LogP) is 2.94. The third-order valence-electron chi connectivity index (χ3n) is 4.39. The molecule has 0 aromatic carbocycles. The molecule has 0 aromatic rings. The lowest BCUT2D eigenvalue weighted by Gasteiger charge is -2.29. The summed E-state index contributed by atoms with van der Waals surface area (Å²) in [6.07, 6.45) is 14.1. The Morgan fingerprint density at radius 1 is 0.682 bits per heavy atom. The van der Waals surface area contributed by atoms with Crippen LogP contribution in [-0.2, 0) is 0 Å². The van der Waals surface area contributed by atoms with Gasteiger partial charge >= 0.3 is 0 Å². The van der Waals surface area contributed by atoms with Crippen LogP contribution in [0.5, 0.6) is 0 Å². The van der Waals surface area contributed by atoms with Gasteiger partial charge in [-0.05, 0) is 6.42 Å². The predicted molar refractivity (Wildman–Crippen MR) is 93.1 cm³/mol. The van der Waals surface area contributed by atoms with Gasteiger partial charge in [-0.3, -0.25) is 4.90 Å². The van der Waals surface area contributed by atoms with Crippen molar-refractivity contribution in [3.8, 4) is 0 Å². The van der Waals surface area contributed by atoms with Crippen LogP contribution in [-0.4, -0.2) is 59.2 Å². The Balaban J connectivity index is 3.57. The van der Waals surface area contributed by atoms with E-state index in [1.807, 2.05) is 4.90 Å². The second kappa shape index (κ2) is 17.2. The van der Waals surface area contributed by atoms with Crippen molar-refractivity contribution in [3.63, 3.8) is 0 Å². The smallest absolute Gasteiger partial charge is 0.0586 e. The summed E-state index contributed by atoms with van der Waals surface area (Å²) < 4.78 is 0. The van der Waals surface area contributed by atoms with Crippen molar-refractivity contribution in [2.75, 3.05) is 32.9 Å². The van der Waals surface area contributed by atoms with Gasteiger partial charge in [-0.1, -0.05) is 71.1 Å². The average Bonchev–Trinajstić information content (AvgIpc) is 2.53. The first-order chi connectivity index (χ1) is 10.8. The molecule has 0 fully saturated rings. The highest BCUT2D eigenvalue weighted by Crippen LogP contribution is 2.13. The Morgan fingerprint density at radius 3 is 1.55 bits per heavy atom. The van der Waals surface area contributed by atoms with Gasteiger partial charge in [-0.15, -0.1) is 0 Å². The van der Waals surface area contributed by atoms with Crippen molar-refractivity contribution in [2.45, 2.75) is 83.6 Å². The van der Waals surface area contributed by atoms with Gasteiger partial charge < -0.3 is 15.3 Å². The van der Waals surface area contributed by atoms with E-state index in [1.54, 1.807) is 0 Å². The minimum absolute atomic E-state index is 0.0772. The third-order valence-corrected chi connectivity index (χ3v) is 4.39. The van der Waals surface area contributed by atoms with Crippen LogP contribution in [0, 0.1) is 0 Å². The average molecular weight is 318 g/mol. The van der Waals surface area contributed by atoms with Gasteiger partial charge in [0.2, 0.25) is 0 Å². The highest BCUT2D eigenvalue weighted by Gasteiger charge is 2.16. The lowest BCUT2D eigenvalue weighted by molar-refractivity contribution is 0.0781. The molecule has 0 radical (unpaired) electrons. The fourth-order valence-electron chi connectivity index (χ4n) is 2.99. The van der Waals surface area contributed by atoms with Crippen LogP contribution < -0.4 is 0 Å². The Labute approximate surface area is 137 Å². The molecule has 1 atom stereocenters. The normalized spacial score (nSPS) is 13.0. The van der Waals surface area contributed by atoms with E-state index in [0.717, 1.165) is 12.8 Å². The first-order valence-corrected chi connectivity index (χ1v) is 9.36. The number of aliphatic hydroxyl groups is 3. The molecule has 1 unspecified atom stereocenters. The molecule has 0 heterocycles. The van der Waals surface area contributed by atoms with Crippen molar-refractivity contribution in [1.82, 2.24) is 4.90 Å². The molecule has 22 heavy (non-hydrogen) atoms. The summed E-state index contributed by atoms with van der Waals surface area (Å²) in [5.41, 5.74) is 0. The molecule has 0 saturated heterocycles. The molecule has 0 spiro atoms. The molecule has 4 heteroatoms. The van der Waals surface area contributed by atoms with Crippen LogP contribution in [0.3, 0.4) is 0 Å². The Hall–Kier alpha value is -0.160. The van der Waals surface area contributed by atoms with Gasteiger partial charge in [0.1, 0.15) is 0 Å². The summed E-state index contributed by atoms with van der Waals surface area (Å²) in [6.45, 7) is 3.58. The molecule has 134 valence electrons. The van der Waals surface area contributed by atoms with E-state index < -0.39 is 0 Å². The van der Waals surface area contributed by atoms with Crippen molar-refractivity contribution >= 4 is 0 Å². The highest BCUT2D eigenvalue weighted by atomic mass is 16.3. The molecule has 0 bridgehead atoms. The van der Waals surface area contributed by atoms with Crippen molar-refractivity contribution in [2.24, 2.45) is 0 Å². The van der Waals surface area contributed by atoms with Gasteiger partial charge in [-0.2, -0.15) is 0 Å². The van der Waals surface area contributed by atoms with E-state index >= 15 is 0 Å². The Bertz CT molecular complexity index is 209. The van der Waals surface area contributed by atoms with Crippen LogP contribution in [0.4, 0.5) is 0 Å². The van der Waals surface area contributed by atoms with E-state index in [2.05, 4.69) is 6.92 Å². The van der Waals surface area contributed by atoms with Gasteiger partial charge in [0.25, 0.3) is 0 Å². The van der Waals surface area contributed by atoms with E-state index in [0.29, 0.717) is 13.1 Å². The van der Waals surface area contributed by atoms with Crippen molar-refractivity contribution in [3.05, 3.63) is 0 Å². The molecule has 0 aromatic heterocycles. The van der Waals surface area contributed by atoms with Crippen LogP contribution >= 0.6 is 0 Å². The second-order valence-corrected chi connectivity index (χ2v) is 6.29. The van der Waals surface area contributed by atoms with Gasteiger partial charge in [0, 0.05) is 19.1 Å². The first-order valence-electron chi connectivity index (χ1n) is 9.36. The lowest BCUT2D eigenvalue weighted by Crippen LogP contribution is -2.41. The fourth-order valence-corrected chi connectivity index (χ4v) is 2.99. The van der Waals surface area contributed by atoms with Gasteiger partial charge in [0.15, 0.2) is 0 Å². The minimum atomic E-state index is 0.0772. The number of aliphatic hydroxyl groups excluding tert-OH is 3. The van der Waals surface area contributed by atoms with Gasteiger partial charge in [-0.25, -0.2) is 0 Å². The summed E-state index contributed by atoms with van der Waals surface area (Å²) in [7, 11) is 0. The van der Waals surface area contributed by atoms with Crippen molar-refractivity contribution in [1.29, 1.82) is 0 Å². The molecule has 3 N–H and O–H groups in total. The van der Waals surface area contributed by atoms with Crippen LogP contribution in [0.2, 0.25) is 0 Å². The summed E-state index contributed by atoms with van der Waals surface area (Å²) in [6, 6.07) is 0.0772. The molecule has 0 aliphatic carbocycles. The molecule has 0 rings (SSSR count). The molecular weight excluding hydrogens is 278 g/mol. The number of nitrogens with zero attached hydrogens (tertiary/aromatic N) is 1. The Morgan fingerprint density at radius 2 is 1.14 bits per heavy atom. The van der Waals surface area contributed by atoms with E-state index in [9.17, 15) is 5.11 Å². The molecule has 0 saturated carbocycles. The standard InChI is InChI=1S/C18H39NO3/c1-2-3-4-5-6-7-8-9-10-11-12-18(17-22)19(13-15-20)14-16-21/h18,20-22H,2-17H2,1H3. The minimum Gasteiger partial charge on any atom is -0.395 e. The summed E-state index contributed by atoms with van der Waals surface area (Å²) >= 11 is 0. The summed E-state index contributed by atoms with van der Waals surface area (Å²) in [4.78, 5) is 1.99. The quantitative estimate of drug-likeness (QED) is 0.361. The number of hydrogen-bond acceptors (Lipinski definition) is 4. The van der Waals surface area contributed by atoms with E-state index in [4.69, 9.17) is 10.2 Å². The topological polar surface area (TPSA) is 63.9 Å². The summed E-state index contributed by atoms with van der Waals surface area (Å²) in [5, 5.41) is 27.6. The second-order valence-electron chi connectivity index (χ2n) is 6.29. The van der Waals surface area contributed by atoms with Gasteiger partial charge in [0.05, 0.1) is 19.8 Å². The maximum atomic E-state index is 9.49. The van der Waals surface area contributed by atoms with E-state index in [-0.39, 0.29) is 25.9 Å². The number of rotatable bonds is 17. The zero-order valence-corrected chi connectivity index (χ0v) is 14.7. The monoisotopic (exact) mass is 317 g/mol. The van der Waals surface area contributed by atoms with Crippen molar-refractivity contribution < 1.29 is 15.3 Å². The maximum absolute atomic E-state index is 9.49. The molecular formula is C18H39NO3. The van der Waals surface area contributed by atoms with Crippen LogP contribution in [0.1, 0.15) is 77.6 Å². The zero-order chi connectivity index (χ0) is 16.5. The number of unbranched alkanes of at least 4 members (excludes halogenated alkanes) is 9. The molecule has 0 amide bonds. The molecule has 4 nitrogen and oxygen atoms in total. The van der Waals surface area contributed by atoms with Crippen LogP contribution in [0.25, 0.3) is 0 Å². The summed E-state index contributed by atoms with van der Waals surface area (Å²) in [5.74, 6) is 0. The fraction of sp³-hybridized carbons (Fsp3) is 1.00. The van der Waals surface area contributed by atoms with Crippen LogP contribution in [0.15, 0.2) is 0 Å².